The minimum absolute atomic E-state index is 0.160. The van der Waals surface area contributed by atoms with E-state index in [0.29, 0.717) is 13.0 Å². The first-order valence-corrected chi connectivity index (χ1v) is 6.44. The molecule has 0 heterocycles. The second kappa shape index (κ2) is 5.91. The molecule has 0 spiro atoms. The summed E-state index contributed by atoms with van der Waals surface area (Å²) in [6.45, 7) is 2.81. The first kappa shape index (κ1) is 13.0. The SMILES string of the molecule is CCOc1ccc(OC)c2c1CCC=C2CCO. The smallest absolute Gasteiger partial charge is 0.126 e. The minimum Gasteiger partial charge on any atom is -0.496 e. The van der Waals surface area contributed by atoms with E-state index in [1.807, 2.05) is 19.1 Å². The molecule has 98 valence electrons. The predicted octanol–water partition coefficient (Wildman–Crippen LogP) is 2.81. The molecule has 0 aromatic heterocycles. The molecular weight excluding hydrogens is 228 g/mol. The van der Waals surface area contributed by atoms with Crippen LogP contribution in [0.2, 0.25) is 0 Å². The molecule has 0 saturated carbocycles. The fraction of sp³-hybridized carbons (Fsp3) is 0.467. The Bertz CT molecular complexity index is 449. The summed E-state index contributed by atoms with van der Waals surface area (Å²) in [5.41, 5.74) is 3.49. The van der Waals surface area contributed by atoms with Crippen LogP contribution < -0.4 is 9.47 Å². The number of methoxy groups -OCH3 is 1. The number of rotatable bonds is 5. The van der Waals surface area contributed by atoms with Crippen molar-refractivity contribution < 1.29 is 14.6 Å². The number of ether oxygens (including phenoxy) is 2. The summed E-state index contributed by atoms with van der Waals surface area (Å²) < 4.78 is 11.1. The lowest BCUT2D eigenvalue weighted by Crippen LogP contribution is -2.07. The molecule has 3 nitrogen and oxygen atoms in total. The molecule has 3 heteroatoms. The highest BCUT2D eigenvalue weighted by atomic mass is 16.5. The summed E-state index contributed by atoms with van der Waals surface area (Å²) in [4.78, 5) is 0. The third-order valence-corrected chi connectivity index (χ3v) is 3.24. The molecule has 1 aromatic carbocycles. The van der Waals surface area contributed by atoms with Gasteiger partial charge in [0.1, 0.15) is 11.5 Å². The molecular formula is C15H20O3. The fourth-order valence-corrected chi connectivity index (χ4v) is 2.51. The molecule has 1 aliphatic carbocycles. The Morgan fingerprint density at radius 3 is 2.72 bits per heavy atom. The third kappa shape index (κ3) is 2.36. The highest BCUT2D eigenvalue weighted by Crippen LogP contribution is 2.40. The number of benzene rings is 1. The van der Waals surface area contributed by atoms with Gasteiger partial charge in [0.2, 0.25) is 0 Å². The molecule has 1 aromatic rings. The third-order valence-electron chi connectivity index (χ3n) is 3.24. The van der Waals surface area contributed by atoms with Crippen molar-refractivity contribution in [3.63, 3.8) is 0 Å². The summed E-state index contributed by atoms with van der Waals surface area (Å²) in [6.07, 6.45) is 4.82. The molecule has 2 rings (SSSR count). The standard InChI is InChI=1S/C15H20O3/c1-3-18-13-7-8-14(17-2)15-11(9-10-16)5-4-6-12(13)15/h5,7-8,16H,3-4,6,9-10H2,1-2H3. The van der Waals surface area contributed by atoms with Gasteiger partial charge in [-0.1, -0.05) is 6.08 Å². The zero-order valence-corrected chi connectivity index (χ0v) is 11.0. The van der Waals surface area contributed by atoms with Crippen LogP contribution in [0.5, 0.6) is 11.5 Å². The zero-order chi connectivity index (χ0) is 13.0. The Kier molecular flexibility index (Phi) is 4.26. The lowest BCUT2D eigenvalue weighted by Gasteiger charge is -2.23. The van der Waals surface area contributed by atoms with E-state index < -0.39 is 0 Å². The second-order valence-corrected chi connectivity index (χ2v) is 4.29. The first-order valence-electron chi connectivity index (χ1n) is 6.44. The number of aliphatic hydroxyl groups is 1. The number of fused-ring (bicyclic) bond motifs is 1. The maximum atomic E-state index is 9.17. The van der Waals surface area contributed by atoms with E-state index in [1.165, 1.54) is 5.56 Å². The van der Waals surface area contributed by atoms with E-state index in [4.69, 9.17) is 14.6 Å². The van der Waals surface area contributed by atoms with Gasteiger partial charge in [0, 0.05) is 17.7 Å². The van der Waals surface area contributed by atoms with Crippen LogP contribution in [-0.4, -0.2) is 25.4 Å². The van der Waals surface area contributed by atoms with E-state index in [2.05, 4.69) is 6.08 Å². The molecule has 0 unspecified atom stereocenters. The van der Waals surface area contributed by atoms with Crippen molar-refractivity contribution in [1.82, 2.24) is 0 Å². The Hall–Kier alpha value is -1.48. The Morgan fingerprint density at radius 2 is 2.06 bits per heavy atom. The van der Waals surface area contributed by atoms with Crippen LogP contribution in [0, 0.1) is 0 Å². The average Bonchev–Trinajstić information content (AvgIpc) is 2.40. The summed E-state index contributed by atoms with van der Waals surface area (Å²) >= 11 is 0. The van der Waals surface area contributed by atoms with Crippen molar-refractivity contribution >= 4 is 5.57 Å². The van der Waals surface area contributed by atoms with Crippen LogP contribution >= 0.6 is 0 Å². The molecule has 1 aliphatic rings. The van der Waals surface area contributed by atoms with Crippen LogP contribution in [0.4, 0.5) is 0 Å². The fourth-order valence-electron chi connectivity index (χ4n) is 2.51. The van der Waals surface area contributed by atoms with Crippen molar-refractivity contribution in [2.75, 3.05) is 20.3 Å². The van der Waals surface area contributed by atoms with Crippen molar-refractivity contribution in [2.45, 2.75) is 26.2 Å². The summed E-state index contributed by atoms with van der Waals surface area (Å²) in [5, 5.41) is 9.17. The van der Waals surface area contributed by atoms with Gasteiger partial charge in [0.15, 0.2) is 0 Å². The Labute approximate surface area is 108 Å². The Morgan fingerprint density at radius 1 is 1.28 bits per heavy atom. The lowest BCUT2D eigenvalue weighted by atomic mass is 9.88. The summed E-state index contributed by atoms with van der Waals surface area (Å²) in [6, 6.07) is 3.92. The highest BCUT2D eigenvalue weighted by Gasteiger charge is 2.20. The van der Waals surface area contributed by atoms with Crippen molar-refractivity contribution in [1.29, 1.82) is 0 Å². The van der Waals surface area contributed by atoms with Gasteiger partial charge < -0.3 is 14.6 Å². The van der Waals surface area contributed by atoms with Gasteiger partial charge in [-0.2, -0.15) is 0 Å². The van der Waals surface area contributed by atoms with Gasteiger partial charge in [-0.05, 0) is 43.9 Å². The number of allylic oxidation sites excluding steroid dienone is 1. The molecule has 0 saturated heterocycles. The highest BCUT2D eigenvalue weighted by molar-refractivity contribution is 5.77. The lowest BCUT2D eigenvalue weighted by molar-refractivity contribution is 0.304. The van der Waals surface area contributed by atoms with E-state index in [9.17, 15) is 0 Å². The number of hydrogen-bond acceptors (Lipinski definition) is 3. The number of hydrogen-bond donors (Lipinski definition) is 1. The number of aliphatic hydroxyl groups excluding tert-OH is 1. The average molecular weight is 248 g/mol. The molecule has 18 heavy (non-hydrogen) atoms. The van der Waals surface area contributed by atoms with Gasteiger partial charge in [0.05, 0.1) is 13.7 Å². The first-order chi connectivity index (χ1) is 8.81. The predicted molar refractivity (Wildman–Crippen MR) is 72.2 cm³/mol. The maximum Gasteiger partial charge on any atom is 0.126 e. The van der Waals surface area contributed by atoms with E-state index in [-0.39, 0.29) is 6.61 Å². The van der Waals surface area contributed by atoms with E-state index in [0.717, 1.165) is 35.5 Å². The molecule has 0 bridgehead atoms. The summed E-state index contributed by atoms with van der Waals surface area (Å²) in [5.74, 6) is 1.81. The summed E-state index contributed by atoms with van der Waals surface area (Å²) in [7, 11) is 1.68. The van der Waals surface area contributed by atoms with Gasteiger partial charge >= 0.3 is 0 Å². The minimum atomic E-state index is 0.160. The van der Waals surface area contributed by atoms with Gasteiger partial charge in [0.25, 0.3) is 0 Å². The normalized spacial score (nSPS) is 13.8. The molecule has 0 aliphatic heterocycles. The van der Waals surface area contributed by atoms with Gasteiger partial charge in [-0.25, -0.2) is 0 Å². The Balaban J connectivity index is 2.50. The topological polar surface area (TPSA) is 38.7 Å². The quantitative estimate of drug-likeness (QED) is 0.870. The van der Waals surface area contributed by atoms with E-state index in [1.54, 1.807) is 7.11 Å². The van der Waals surface area contributed by atoms with Gasteiger partial charge in [-0.3, -0.25) is 0 Å². The zero-order valence-electron chi connectivity index (χ0n) is 11.0. The van der Waals surface area contributed by atoms with Crippen LogP contribution in [0.1, 0.15) is 30.9 Å². The molecule has 0 amide bonds. The van der Waals surface area contributed by atoms with Crippen molar-refractivity contribution in [3.05, 3.63) is 29.3 Å². The largest absolute Gasteiger partial charge is 0.496 e. The second-order valence-electron chi connectivity index (χ2n) is 4.29. The monoisotopic (exact) mass is 248 g/mol. The van der Waals surface area contributed by atoms with Crippen LogP contribution in [0.15, 0.2) is 18.2 Å². The van der Waals surface area contributed by atoms with Gasteiger partial charge in [-0.15, -0.1) is 0 Å². The van der Waals surface area contributed by atoms with Crippen LogP contribution in [0.3, 0.4) is 0 Å². The molecule has 1 N–H and O–H groups in total. The molecule has 0 fully saturated rings. The van der Waals surface area contributed by atoms with Crippen LogP contribution in [0.25, 0.3) is 5.57 Å². The van der Waals surface area contributed by atoms with Crippen molar-refractivity contribution in [3.8, 4) is 11.5 Å². The van der Waals surface area contributed by atoms with E-state index >= 15 is 0 Å². The van der Waals surface area contributed by atoms with Crippen molar-refractivity contribution in [2.24, 2.45) is 0 Å². The maximum absolute atomic E-state index is 9.17. The molecule has 0 radical (unpaired) electrons. The van der Waals surface area contributed by atoms with Crippen LogP contribution in [-0.2, 0) is 6.42 Å². The molecule has 0 atom stereocenters.